The van der Waals surface area contributed by atoms with E-state index in [1.807, 2.05) is 4.90 Å². The van der Waals surface area contributed by atoms with Gasteiger partial charge in [-0.2, -0.15) is 5.26 Å². The molecule has 2 N–H and O–H groups in total. The number of piperidine rings is 1. The van der Waals surface area contributed by atoms with Gasteiger partial charge in [0.05, 0.1) is 18.2 Å². The first-order valence-corrected chi connectivity index (χ1v) is 8.40. The molecule has 0 aliphatic carbocycles. The molecule has 1 fully saturated rings. The van der Waals surface area contributed by atoms with Crippen molar-refractivity contribution in [1.82, 2.24) is 14.6 Å². The first-order valence-electron chi connectivity index (χ1n) is 8.40. The van der Waals surface area contributed by atoms with E-state index < -0.39 is 5.91 Å². The van der Waals surface area contributed by atoms with Crippen LogP contribution in [0.25, 0.3) is 0 Å². The molecule has 1 atom stereocenters. The molecule has 26 heavy (non-hydrogen) atoms. The molecular formula is C18H22BN5O2. The van der Waals surface area contributed by atoms with Gasteiger partial charge in [-0.3, -0.25) is 14.5 Å². The fourth-order valence-corrected chi connectivity index (χ4v) is 2.91. The summed E-state index contributed by atoms with van der Waals surface area (Å²) in [6.07, 6.45) is 3.75. The molecule has 0 bridgehead atoms. The van der Waals surface area contributed by atoms with Crippen LogP contribution in [0.4, 0.5) is 0 Å². The highest BCUT2D eigenvalue weighted by atomic mass is 16.2. The summed E-state index contributed by atoms with van der Waals surface area (Å²) in [6, 6.07) is 9.13. The number of hydrogen-bond acceptors (Lipinski definition) is 5. The van der Waals surface area contributed by atoms with Crippen molar-refractivity contribution in [3.8, 4) is 6.07 Å². The van der Waals surface area contributed by atoms with Crippen molar-refractivity contribution in [2.45, 2.75) is 25.4 Å². The lowest BCUT2D eigenvalue weighted by Crippen LogP contribution is -2.46. The number of rotatable bonds is 6. The van der Waals surface area contributed by atoms with Gasteiger partial charge in [0.1, 0.15) is 5.82 Å². The summed E-state index contributed by atoms with van der Waals surface area (Å²) in [5, 5.41) is 9.27. The van der Waals surface area contributed by atoms with Gasteiger partial charge >= 0.3 is 0 Å². The molecule has 2 amide bonds. The summed E-state index contributed by atoms with van der Waals surface area (Å²) in [4.78, 5) is 28.2. The van der Waals surface area contributed by atoms with Crippen molar-refractivity contribution in [1.29, 1.82) is 5.26 Å². The van der Waals surface area contributed by atoms with Crippen LogP contribution < -0.4 is 5.73 Å². The van der Waals surface area contributed by atoms with E-state index in [4.69, 9.17) is 13.7 Å². The summed E-state index contributed by atoms with van der Waals surface area (Å²) < 4.78 is 0. The van der Waals surface area contributed by atoms with E-state index in [0.29, 0.717) is 36.4 Å². The number of likely N-dealkylation sites (tertiary alicyclic amines) is 1. The Morgan fingerprint density at radius 1 is 1.50 bits per heavy atom. The van der Waals surface area contributed by atoms with Gasteiger partial charge in [-0.05, 0) is 31.5 Å². The third-order valence-electron chi connectivity index (χ3n) is 4.28. The number of benzene rings is 1. The quantitative estimate of drug-likeness (QED) is 0.453. The Balaban J connectivity index is 2.36. The molecule has 8 heteroatoms. The maximum Gasteiger partial charge on any atom is 0.237 e. The zero-order chi connectivity index (χ0) is 19.1. The number of carbonyl (C=O) groups is 2. The van der Waals surface area contributed by atoms with Gasteiger partial charge in [0.2, 0.25) is 20.3 Å². The Hall–Kier alpha value is -2.79. The van der Waals surface area contributed by atoms with Crippen LogP contribution in [0.3, 0.4) is 0 Å². The second-order valence-electron chi connectivity index (χ2n) is 6.30. The van der Waals surface area contributed by atoms with E-state index in [2.05, 4.69) is 6.07 Å². The molecule has 1 aromatic carbocycles. The smallest absolute Gasteiger partial charge is 0.237 e. The van der Waals surface area contributed by atoms with Crippen LogP contribution in [0.5, 0.6) is 0 Å². The van der Waals surface area contributed by atoms with Crippen molar-refractivity contribution < 1.29 is 9.59 Å². The van der Waals surface area contributed by atoms with Crippen LogP contribution in [-0.2, 0) is 16.1 Å². The fraction of sp³-hybridized carbons (Fsp3) is 0.389. The van der Waals surface area contributed by atoms with E-state index in [9.17, 15) is 14.9 Å². The van der Waals surface area contributed by atoms with Crippen LogP contribution in [0.15, 0.2) is 36.2 Å². The maximum atomic E-state index is 12.1. The van der Waals surface area contributed by atoms with Gasteiger partial charge in [-0.25, -0.2) is 0 Å². The summed E-state index contributed by atoms with van der Waals surface area (Å²) >= 11 is 0. The van der Waals surface area contributed by atoms with Crippen LogP contribution in [0, 0.1) is 11.3 Å². The molecule has 134 valence electrons. The lowest BCUT2D eigenvalue weighted by atomic mass is 10.1. The highest BCUT2D eigenvalue weighted by molar-refractivity contribution is 6.16. The van der Waals surface area contributed by atoms with Crippen LogP contribution in [-0.4, -0.2) is 61.1 Å². The average Bonchev–Trinajstić information content (AvgIpc) is 2.64. The molecule has 1 aliphatic rings. The van der Waals surface area contributed by atoms with E-state index in [1.165, 1.54) is 18.0 Å². The Labute approximate surface area is 155 Å². The molecule has 0 saturated carbocycles. The Kier molecular flexibility index (Phi) is 6.81. The molecule has 1 aromatic rings. The van der Waals surface area contributed by atoms with E-state index in [-0.39, 0.29) is 12.6 Å². The second-order valence-corrected chi connectivity index (χ2v) is 6.30. The summed E-state index contributed by atoms with van der Waals surface area (Å²) in [5.74, 6) is 0.00440. The predicted molar refractivity (Wildman–Crippen MR) is 98.2 cm³/mol. The number of amides is 2. The highest BCUT2D eigenvalue weighted by Crippen LogP contribution is 2.20. The molecule has 1 heterocycles. The molecule has 1 saturated heterocycles. The largest absolute Gasteiger partial charge is 0.396 e. The van der Waals surface area contributed by atoms with E-state index >= 15 is 0 Å². The van der Waals surface area contributed by atoms with E-state index in [1.54, 1.807) is 24.3 Å². The minimum atomic E-state index is -0.431. The average molecular weight is 351 g/mol. The number of nitrogens with zero attached hydrogens (tertiary/aromatic N) is 4. The molecular weight excluding hydrogens is 329 g/mol. The molecule has 2 rings (SSSR count). The van der Waals surface area contributed by atoms with Gasteiger partial charge in [-0.1, -0.05) is 18.2 Å². The Morgan fingerprint density at radius 2 is 2.23 bits per heavy atom. The number of nitrogens with two attached hydrogens (primary N) is 1. The third-order valence-corrected chi connectivity index (χ3v) is 4.28. The van der Waals surface area contributed by atoms with Gasteiger partial charge in [0.15, 0.2) is 0 Å². The number of hydrogen-bond donors (Lipinski definition) is 1. The summed E-state index contributed by atoms with van der Waals surface area (Å²) in [7, 11) is 6.97. The number of nitriles is 1. The minimum absolute atomic E-state index is 0.0299. The van der Waals surface area contributed by atoms with Crippen molar-refractivity contribution in [3.05, 3.63) is 47.3 Å². The van der Waals surface area contributed by atoms with Crippen molar-refractivity contribution in [2.24, 2.45) is 5.73 Å². The van der Waals surface area contributed by atoms with Gasteiger partial charge in [-0.15, -0.1) is 0 Å². The maximum absolute atomic E-state index is 12.1. The van der Waals surface area contributed by atoms with Crippen molar-refractivity contribution in [3.63, 3.8) is 0 Å². The van der Waals surface area contributed by atoms with Crippen molar-refractivity contribution in [2.75, 3.05) is 20.1 Å². The Bertz CT molecular complexity index is 729. The topological polar surface area (TPSA) is 93.7 Å². The predicted octanol–water partition coefficient (Wildman–Crippen LogP) is 0.323. The summed E-state index contributed by atoms with van der Waals surface area (Å²) in [5.41, 5.74) is 7.23. The van der Waals surface area contributed by atoms with Gasteiger partial charge in [0.25, 0.3) is 0 Å². The third kappa shape index (κ3) is 4.86. The lowest BCUT2D eigenvalue weighted by Gasteiger charge is -2.37. The monoisotopic (exact) mass is 351 g/mol. The zero-order valence-electron chi connectivity index (χ0n) is 14.8. The number of carbonyl (C=O) groups excluding carboxylic acids is 2. The summed E-state index contributed by atoms with van der Waals surface area (Å²) in [6.45, 7) is 1.40. The number of likely N-dealkylation sites (N-methyl/N-ethyl adjacent to an activating group) is 1. The second kappa shape index (κ2) is 9.06. The molecule has 0 aromatic heterocycles. The van der Waals surface area contributed by atoms with Crippen LogP contribution in [0.2, 0.25) is 0 Å². The van der Waals surface area contributed by atoms with E-state index in [0.717, 1.165) is 17.7 Å². The molecule has 7 nitrogen and oxygen atoms in total. The normalized spacial score (nSPS) is 17.3. The van der Waals surface area contributed by atoms with Gasteiger partial charge < -0.3 is 15.4 Å². The molecule has 0 unspecified atom stereocenters. The highest BCUT2D eigenvalue weighted by Gasteiger charge is 2.24. The minimum Gasteiger partial charge on any atom is -0.396 e. The van der Waals surface area contributed by atoms with Crippen molar-refractivity contribution >= 4 is 20.3 Å². The molecule has 0 spiro atoms. The van der Waals surface area contributed by atoms with Crippen LogP contribution in [0.1, 0.15) is 24.0 Å². The first kappa shape index (κ1) is 19.5. The first-order chi connectivity index (χ1) is 12.5. The Morgan fingerprint density at radius 3 is 2.85 bits per heavy atom. The SMILES string of the molecule is [B]N(C)C(=O)/C=C(\N(C=O)Cc1ccccc1C#N)N1CCC[C@@H](N)C1. The fourth-order valence-electron chi connectivity index (χ4n) is 2.91. The molecule has 1 aliphatic heterocycles. The van der Waals surface area contributed by atoms with Crippen LogP contribution >= 0.6 is 0 Å². The zero-order valence-corrected chi connectivity index (χ0v) is 14.8. The standard InChI is InChI=1S/C18H22BN5O2/c1-22(19)18(26)9-17(23-8-4-7-16(21)12-23)24(13-25)11-15-6-3-2-5-14(15)10-20/h2-3,5-6,9,13,16H,4,7-8,11-12,21H2,1H3/b17-9-/t16-/m1/s1. The lowest BCUT2D eigenvalue weighted by molar-refractivity contribution is -0.121. The van der Waals surface area contributed by atoms with Gasteiger partial charge in [0, 0.05) is 25.2 Å². The molecule has 2 radical (unpaired) electrons.